The molecule has 0 fully saturated rings. The van der Waals surface area contributed by atoms with Crippen molar-refractivity contribution in [1.82, 2.24) is 0 Å². The zero-order chi connectivity index (χ0) is 11.5. The van der Waals surface area contributed by atoms with Gasteiger partial charge in [0.15, 0.2) is 0 Å². The van der Waals surface area contributed by atoms with Crippen LogP contribution in [0, 0.1) is 0 Å². The van der Waals surface area contributed by atoms with E-state index in [1.807, 2.05) is 0 Å². The average molecular weight is 216 g/mol. The molecule has 0 aliphatic rings. The van der Waals surface area contributed by atoms with E-state index in [0.29, 0.717) is 0 Å². The predicted octanol–water partition coefficient (Wildman–Crippen LogP) is 2.22. The van der Waals surface area contributed by atoms with E-state index in [0.717, 1.165) is 13.0 Å². The Morgan fingerprint density at radius 1 is 1.53 bits per heavy atom. The Morgan fingerprint density at radius 3 is 2.73 bits per heavy atom. The fourth-order valence-corrected chi connectivity index (χ4v) is 1.02. The van der Waals surface area contributed by atoms with Gasteiger partial charge in [0.25, 0.3) is 5.92 Å². The molecule has 0 spiro atoms. The highest BCUT2D eigenvalue weighted by Crippen LogP contribution is 2.28. The standard InChI is InChI=1S/C9H10F2N2O2/c1-9(10,11)6-3-2-4-7(5-6)13-8(14)15-12/h2-5H,12H2,1H3,(H,13,14). The van der Waals surface area contributed by atoms with Crippen LogP contribution >= 0.6 is 0 Å². The van der Waals surface area contributed by atoms with E-state index < -0.39 is 12.0 Å². The Kier molecular flexibility index (Phi) is 3.21. The maximum Gasteiger partial charge on any atom is 0.430 e. The molecule has 6 heteroatoms. The smallest absolute Gasteiger partial charge is 0.357 e. The Balaban J connectivity index is 2.88. The normalized spacial score (nSPS) is 10.9. The number of alkyl halides is 2. The monoisotopic (exact) mass is 216 g/mol. The van der Waals surface area contributed by atoms with Gasteiger partial charge in [-0.15, -0.1) is 0 Å². The zero-order valence-electron chi connectivity index (χ0n) is 7.96. The number of halogens is 2. The van der Waals surface area contributed by atoms with E-state index >= 15 is 0 Å². The Bertz CT molecular complexity index is 363. The van der Waals surface area contributed by atoms with Crippen molar-refractivity contribution in [3.63, 3.8) is 0 Å². The summed E-state index contributed by atoms with van der Waals surface area (Å²) in [6.45, 7) is 0.771. The number of carbonyl (C=O) groups excluding carboxylic acids is 1. The minimum absolute atomic E-state index is 0.197. The molecular formula is C9H10F2N2O2. The summed E-state index contributed by atoms with van der Waals surface area (Å²) in [5.74, 6) is 1.63. The number of nitrogens with two attached hydrogens (primary N) is 1. The first kappa shape index (κ1) is 11.4. The van der Waals surface area contributed by atoms with Gasteiger partial charge in [0.2, 0.25) is 0 Å². The molecule has 1 amide bonds. The molecule has 0 atom stereocenters. The van der Waals surface area contributed by atoms with Gasteiger partial charge in [-0.25, -0.2) is 13.6 Å². The maximum absolute atomic E-state index is 12.9. The molecule has 0 heterocycles. The largest absolute Gasteiger partial charge is 0.430 e. The molecule has 0 aromatic heterocycles. The summed E-state index contributed by atoms with van der Waals surface area (Å²) in [5, 5.41) is 2.18. The third-order valence-electron chi connectivity index (χ3n) is 1.72. The lowest BCUT2D eigenvalue weighted by molar-refractivity contribution is 0.0175. The molecule has 0 saturated carbocycles. The van der Waals surface area contributed by atoms with Gasteiger partial charge in [0.1, 0.15) is 0 Å². The minimum atomic E-state index is -2.95. The van der Waals surface area contributed by atoms with Crippen molar-refractivity contribution in [1.29, 1.82) is 0 Å². The highest BCUT2D eigenvalue weighted by Gasteiger charge is 2.24. The van der Waals surface area contributed by atoms with Crippen molar-refractivity contribution < 1.29 is 18.4 Å². The predicted molar refractivity (Wildman–Crippen MR) is 50.3 cm³/mol. The molecule has 1 rings (SSSR count). The van der Waals surface area contributed by atoms with Crippen LogP contribution in [0.25, 0.3) is 0 Å². The van der Waals surface area contributed by atoms with Crippen LogP contribution in [0.15, 0.2) is 24.3 Å². The molecule has 82 valence electrons. The molecule has 0 unspecified atom stereocenters. The van der Waals surface area contributed by atoms with Crippen LogP contribution in [-0.2, 0) is 10.8 Å². The number of nitrogens with one attached hydrogen (secondary N) is 1. The lowest BCUT2D eigenvalue weighted by Crippen LogP contribution is -2.17. The second-order valence-corrected chi connectivity index (χ2v) is 3.00. The molecule has 4 nitrogen and oxygen atoms in total. The molecule has 0 bridgehead atoms. The lowest BCUT2D eigenvalue weighted by atomic mass is 10.1. The number of hydrogen-bond donors (Lipinski definition) is 2. The van der Waals surface area contributed by atoms with Gasteiger partial charge in [0.05, 0.1) is 0 Å². The second-order valence-electron chi connectivity index (χ2n) is 3.00. The first-order valence-corrected chi connectivity index (χ1v) is 4.09. The molecule has 1 aromatic rings. The molecule has 0 aliphatic carbocycles. The van der Waals surface area contributed by atoms with Gasteiger partial charge in [-0.1, -0.05) is 12.1 Å². The Hall–Kier alpha value is -1.69. The lowest BCUT2D eigenvalue weighted by Gasteiger charge is -2.11. The Labute approximate surface area is 85.0 Å². The van der Waals surface area contributed by atoms with E-state index in [1.54, 1.807) is 0 Å². The van der Waals surface area contributed by atoms with Gasteiger partial charge in [-0.3, -0.25) is 5.32 Å². The van der Waals surface area contributed by atoms with Gasteiger partial charge >= 0.3 is 6.09 Å². The van der Waals surface area contributed by atoms with Crippen molar-refractivity contribution in [3.05, 3.63) is 29.8 Å². The van der Waals surface area contributed by atoms with Crippen LogP contribution in [0.2, 0.25) is 0 Å². The second kappa shape index (κ2) is 4.22. The Morgan fingerprint density at radius 2 is 2.20 bits per heavy atom. The molecule has 15 heavy (non-hydrogen) atoms. The van der Waals surface area contributed by atoms with Gasteiger partial charge in [-0.05, 0) is 12.1 Å². The van der Waals surface area contributed by atoms with Gasteiger partial charge in [-0.2, -0.15) is 5.90 Å². The van der Waals surface area contributed by atoms with Crippen molar-refractivity contribution in [2.75, 3.05) is 5.32 Å². The molecule has 1 aromatic carbocycles. The summed E-state index contributed by atoms with van der Waals surface area (Å²) < 4.78 is 25.8. The SMILES string of the molecule is CC(F)(F)c1cccc(NC(=O)ON)c1. The number of benzene rings is 1. The van der Waals surface area contributed by atoms with Crippen molar-refractivity contribution >= 4 is 11.8 Å². The summed E-state index contributed by atoms with van der Waals surface area (Å²) >= 11 is 0. The van der Waals surface area contributed by atoms with E-state index in [9.17, 15) is 13.6 Å². The summed E-state index contributed by atoms with van der Waals surface area (Å²) in [4.78, 5) is 14.5. The van der Waals surface area contributed by atoms with E-state index in [1.165, 1.54) is 18.2 Å². The van der Waals surface area contributed by atoms with E-state index in [-0.39, 0.29) is 11.3 Å². The first-order chi connectivity index (χ1) is 6.93. The summed E-state index contributed by atoms with van der Waals surface area (Å²) in [5.41, 5.74) is 0.00166. The highest BCUT2D eigenvalue weighted by atomic mass is 19.3. The fourth-order valence-electron chi connectivity index (χ4n) is 1.02. The highest BCUT2D eigenvalue weighted by molar-refractivity contribution is 5.84. The summed E-state index contributed by atoms with van der Waals surface area (Å²) in [6, 6.07) is 5.26. The van der Waals surface area contributed by atoms with Crippen molar-refractivity contribution in [2.45, 2.75) is 12.8 Å². The number of amides is 1. The number of anilines is 1. The van der Waals surface area contributed by atoms with Gasteiger partial charge < -0.3 is 4.84 Å². The van der Waals surface area contributed by atoms with Gasteiger partial charge in [0, 0.05) is 18.2 Å². The van der Waals surface area contributed by atoms with E-state index in [2.05, 4.69) is 16.1 Å². The zero-order valence-corrected chi connectivity index (χ0v) is 7.96. The average Bonchev–Trinajstić information content (AvgIpc) is 2.17. The summed E-state index contributed by atoms with van der Waals surface area (Å²) in [7, 11) is 0. The van der Waals surface area contributed by atoms with Crippen LogP contribution in [0.3, 0.4) is 0 Å². The van der Waals surface area contributed by atoms with Crippen LogP contribution in [-0.4, -0.2) is 6.09 Å². The van der Waals surface area contributed by atoms with Crippen molar-refractivity contribution in [2.24, 2.45) is 5.90 Å². The maximum atomic E-state index is 12.9. The first-order valence-electron chi connectivity index (χ1n) is 4.09. The third-order valence-corrected chi connectivity index (χ3v) is 1.72. The molecular weight excluding hydrogens is 206 g/mol. The van der Waals surface area contributed by atoms with Crippen molar-refractivity contribution in [3.8, 4) is 0 Å². The van der Waals surface area contributed by atoms with Crippen LogP contribution in [0.1, 0.15) is 12.5 Å². The van der Waals surface area contributed by atoms with Crippen LogP contribution in [0.5, 0.6) is 0 Å². The van der Waals surface area contributed by atoms with E-state index in [4.69, 9.17) is 0 Å². The molecule has 0 saturated heterocycles. The number of carbonyl (C=O) groups is 1. The molecule has 3 N–H and O–H groups in total. The van der Waals surface area contributed by atoms with Crippen LogP contribution < -0.4 is 11.2 Å². The molecule has 0 radical (unpaired) electrons. The minimum Gasteiger partial charge on any atom is -0.357 e. The topological polar surface area (TPSA) is 64.3 Å². The van der Waals surface area contributed by atoms with Crippen LogP contribution in [0.4, 0.5) is 19.3 Å². The quantitative estimate of drug-likeness (QED) is 0.745. The third kappa shape index (κ3) is 3.17. The summed E-state index contributed by atoms with van der Waals surface area (Å²) in [6.07, 6.45) is -0.911. The fraction of sp³-hybridized carbons (Fsp3) is 0.222. The molecule has 0 aliphatic heterocycles. The number of hydrogen-bond acceptors (Lipinski definition) is 3. The number of rotatable bonds is 2.